The first-order valence-corrected chi connectivity index (χ1v) is 9.66. The van der Waals surface area contributed by atoms with Crippen molar-refractivity contribution in [1.82, 2.24) is 9.62 Å². The molecule has 2 aromatic rings. The number of nitrogens with one attached hydrogen (secondary N) is 1. The third-order valence-electron chi connectivity index (χ3n) is 3.94. The van der Waals surface area contributed by atoms with E-state index in [1.54, 1.807) is 6.07 Å². The summed E-state index contributed by atoms with van der Waals surface area (Å²) >= 11 is 0. The molecule has 4 nitrogen and oxygen atoms in total. The van der Waals surface area contributed by atoms with Crippen LogP contribution in [0.5, 0.6) is 0 Å². The van der Waals surface area contributed by atoms with Gasteiger partial charge in [-0.25, -0.2) is 13.1 Å². The molecule has 0 fully saturated rings. The van der Waals surface area contributed by atoms with Crippen molar-refractivity contribution in [3.05, 3.63) is 65.2 Å². The summed E-state index contributed by atoms with van der Waals surface area (Å²) in [5.41, 5.74) is 2.98. The molecule has 0 radical (unpaired) electrons. The molecular weight excluding hydrogens is 320 g/mol. The van der Waals surface area contributed by atoms with Gasteiger partial charge in [-0.2, -0.15) is 0 Å². The molecule has 0 aliphatic rings. The highest BCUT2D eigenvalue weighted by Crippen LogP contribution is 2.16. The van der Waals surface area contributed by atoms with Gasteiger partial charge in [0.2, 0.25) is 10.0 Å². The summed E-state index contributed by atoms with van der Waals surface area (Å²) in [6.07, 6.45) is 0.771. The third-order valence-corrected chi connectivity index (χ3v) is 5.54. The molecule has 5 heteroatoms. The van der Waals surface area contributed by atoms with Gasteiger partial charge in [-0.15, -0.1) is 0 Å². The molecule has 0 unspecified atom stereocenters. The van der Waals surface area contributed by atoms with Crippen LogP contribution in [-0.4, -0.2) is 33.5 Å². The van der Waals surface area contributed by atoms with Crippen LogP contribution in [-0.2, 0) is 16.6 Å². The van der Waals surface area contributed by atoms with E-state index in [-0.39, 0.29) is 0 Å². The monoisotopic (exact) mass is 346 g/mol. The molecule has 24 heavy (non-hydrogen) atoms. The van der Waals surface area contributed by atoms with Gasteiger partial charge < -0.3 is 4.90 Å². The summed E-state index contributed by atoms with van der Waals surface area (Å²) in [4.78, 5) is 2.57. The zero-order valence-corrected chi connectivity index (χ0v) is 15.4. The zero-order valence-electron chi connectivity index (χ0n) is 14.6. The Balaban J connectivity index is 1.82. The molecular formula is C19H26N2O2S. The Bertz CT molecular complexity index is 758. The van der Waals surface area contributed by atoms with Crippen molar-refractivity contribution in [2.24, 2.45) is 0 Å². The quantitative estimate of drug-likeness (QED) is 0.747. The topological polar surface area (TPSA) is 49.4 Å². The van der Waals surface area contributed by atoms with E-state index in [0.717, 1.165) is 30.6 Å². The van der Waals surface area contributed by atoms with Crippen molar-refractivity contribution >= 4 is 10.0 Å². The van der Waals surface area contributed by atoms with Crippen LogP contribution < -0.4 is 4.72 Å². The Hall–Kier alpha value is -1.69. The molecule has 0 amide bonds. The smallest absolute Gasteiger partial charge is 0.240 e. The minimum absolute atomic E-state index is 0.375. The minimum atomic E-state index is -3.44. The molecule has 2 aromatic carbocycles. The van der Waals surface area contributed by atoms with Gasteiger partial charge in [0, 0.05) is 13.1 Å². The third kappa shape index (κ3) is 5.44. The van der Waals surface area contributed by atoms with Crippen LogP contribution in [0.2, 0.25) is 0 Å². The fourth-order valence-corrected chi connectivity index (χ4v) is 4.01. The van der Waals surface area contributed by atoms with Crippen LogP contribution in [0.3, 0.4) is 0 Å². The summed E-state index contributed by atoms with van der Waals surface area (Å²) in [7, 11) is -1.39. The first-order valence-electron chi connectivity index (χ1n) is 8.18. The van der Waals surface area contributed by atoms with Crippen LogP contribution in [0.4, 0.5) is 0 Å². The largest absolute Gasteiger partial charge is 0.302 e. The fraction of sp³-hybridized carbons (Fsp3) is 0.368. The molecule has 130 valence electrons. The van der Waals surface area contributed by atoms with Crippen LogP contribution in [0.15, 0.2) is 53.4 Å². The van der Waals surface area contributed by atoms with Crippen LogP contribution in [0.25, 0.3) is 0 Å². The summed E-state index contributed by atoms with van der Waals surface area (Å²) in [5, 5.41) is 0. The molecule has 0 bridgehead atoms. The lowest BCUT2D eigenvalue weighted by Crippen LogP contribution is -2.28. The van der Waals surface area contributed by atoms with Gasteiger partial charge in [0.15, 0.2) is 0 Å². The lowest BCUT2D eigenvalue weighted by molar-refractivity contribution is 0.322. The second-order valence-electron chi connectivity index (χ2n) is 6.24. The number of hydrogen-bond acceptors (Lipinski definition) is 3. The van der Waals surface area contributed by atoms with Gasteiger partial charge in [-0.1, -0.05) is 42.5 Å². The average molecular weight is 346 g/mol. The molecule has 0 saturated carbocycles. The van der Waals surface area contributed by atoms with Crippen molar-refractivity contribution in [3.8, 4) is 0 Å². The Morgan fingerprint density at radius 1 is 1.04 bits per heavy atom. The van der Waals surface area contributed by atoms with E-state index < -0.39 is 10.0 Å². The maximum Gasteiger partial charge on any atom is 0.240 e. The number of sulfonamides is 1. The number of benzene rings is 2. The predicted octanol–water partition coefficient (Wildman–Crippen LogP) is 3.10. The van der Waals surface area contributed by atoms with Crippen molar-refractivity contribution in [3.63, 3.8) is 0 Å². The summed E-state index contributed by atoms with van der Waals surface area (Å²) in [6, 6.07) is 15.7. The van der Waals surface area contributed by atoms with Gasteiger partial charge in [-0.3, -0.25) is 0 Å². The molecule has 1 N–H and O–H groups in total. The second kappa shape index (κ2) is 8.42. The Kier molecular flexibility index (Phi) is 6.54. The van der Waals surface area contributed by atoms with E-state index in [4.69, 9.17) is 0 Å². The zero-order chi connectivity index (χ0) is 17.6. The highest BCUT2D eigenvalue weighted by molar-refractivity contribution is 7.89. The van der Waals surface area contributed by atoms with Gasteiger partial charge in [0.1, 0.15) is 0 Å². The summed E-state index contributed by atoms with van der Waals surface area (Å²) in [5.74, 6) is 0. The molecule has 0 spiro atoms. The van der Waals surface area contributed by atoms with Gasteiger partial charge in [0.25, 0.3) is 0 Å². The van der Waals surface area contributed by atoms with Gasteiger partial charge in [0.05, 0.1) is 4.90 Å². The fourth-order valence-electron chi connectivity index (χ4n) is 2.60. The number of aryl methyl sites for hydroxylation is 2. The standard InChI is InChI=1S/C19H26N2O2S/c1-16-10-11-17(2)19(14-16)24(22,23)20-12-7-13-21(3)15-18-8-5-4-6-9-18/h4-6,8-11,14,20H,7,12-13,15H2,1-3H3. The molecule has 0 atom stereocenters. The second-order valence-corrected chi connectivity index (χ2v) is 7.98. The van der Waals surface area contributed by atoms with Gasteiger partial charge >= 0.3 is 0 Å². The number of hydrogen-bond donors (Lipinski definition) is 1. The molecule has 2 rings (SSSR count). The highest BCUT2D eigenvalue weighted by atomic mass is 32.2. The SMILES string of the molecule is Cc1ccc(C)c(S(=O)(=O)NCCCN(C)Cc2ccccc2)c1. The Morgan fingerprint density at radius 2 is 1.75 bits per heavy atom. The molecule has 0 heterocycles. The van der Waals surface area contributed by atoms with Crippen LogP contribution in [0.1, 0.15) is 23.1 Å². The summed E-state index contributed by atoms with van der Waals surface area (Å²) < 4.78 is 27.5. The first-order chi connectivity index (χ1) is 11.4. The van der Waals surface area contributed by atoms with Crippen LogP contribution in [0, 0.1) is 13.8 Å². The van der Waals surface area contributed by atoms with E-state index >= 15 is 0 Å². The summed E-state index contributed by atoms with van der Waals surface area (Å²) in [6.45, 7) is 5.86. The maximum atomic E-state index is 12.4. The lowest BCUT2D eigenvalue weighted by atomic mass is 10.2. The van der Waals surface area contributed by atoms with Crippen LogP contribution >= 0.6 is 0 Å². The molecule has 0 aliphatic heterocycles. The van der Waals surface area contributed by atoms with E-state index in [2.05, 4.69) is 21.8 Å². The lowest BCUT2D eigenvalue weighted by Gasteiger charge is -2.17. The molecule has 0 saturated heterocycles. The molecule has 0 aliphatic carbocycles. The predicted molar refractivity (Wildman–Crippen MR) is 98.5 cm³/mol. The minimum Gasteiger partial charge on any atom is -0.302 e. The number of rotatable bonds is 8. The normalized spacial score (nSPS) is 11.8. The van der Waals surface area contributed by atoms with Crippen molar-refractivity contribution in [2.45, 2.75) is 31.7 Å². The van der Waals surface area contributed by atoms with Gasteiger partial charge in [-0.05, 0) is 56.6 Å². The van der Waals surface area contributed by atoms with E-state index in [0.29, 0.717) is 11.4 Å². The first kappa shape index (κ1) is 18.6. The molecule has 0 aromatic heterocycles. The Morgan fingerprint density at radius 3 is 2.46 bits per heavy atom. The van der Waals surface area contributed by atoms with E-state index in [1.165, 1.54) is 5.56 Å². The Labute approximate surface area is 145 Å². The average Bonchev–Trinajstić information content (AvgIpc) is 2.55. The van der Waals surface area contributed by atoms with E-state index in [1.807, 2.05) is 51.2 Å². The maximum absolute atomic E-state index is 12.4. The van der Waals surface area contributed by atoms with Crippen molar-refractivity contribution in [2.75, 3.05) is 20.1 Å². The highest BCUT2D eigenvalue weighted by Gasteiger charge is 2.16. The van der Waals surface area contributed by atoms with Crippen molar-refractivity contribution in [1.29, 1.82) is 0 Å². The number of nitrogens with zero attached hydrogens (tertiary/aromatic N) is 1. The van der Waals surface area contributed by atoms with E-state index in [9.17, 15) is 8.42 Å². The van der Waals surface area contributed by atoms with Crippen molar-refractivity contribution < 1.29 is 8.42 Å².